The SMILES string of the molecule is COC(=O)c1ccc(N(C)S(=O)(=O)c2ccc(F)c(F)c2F)cc1. The highest BCUT2D eigenvalue weighted by Gasteiger charge is 2.28. The topological polar surface area (TPSA) is 63.7 Å². The molecule has 2 aromatic carbocycles. The van der Waals surface area contributed by atoms with Crippen LogP contribution in [0.5, 0.6) is 0 Å². The number of carbonyl (C=O) groups is 1. The normalized spacial score (nSPS) is 11.2. The van der Waals surface area contributed by atoms with Gasteiger partial charge in [-0.3, -0.25) is 4.31 Å². The zero-order valence-electron chi connectivity index (χ0n) is 12.6. The number of nitrogens with zero attached hydrogens (tertiary/aromatic N) is 1. The molecule has 0 fully saturated rings. The van der Waals surface area contributed by atoms with E-state index in [0.29, 0.717) is 16.4 Å². The summed E-state index contributed by atoms with van der Waals surface area (Å²) in [5, 5.41) is 0. The lowest BCUT2D eigenvalue weighted by molar-refractivity contribution is 0.0600. The molecule has 0 aliphatic rings. The first kappa shape index (κ1) is 17.8. The Hall–Kier alpha value is -2.55. The van der Waals surface area contributed by atoms with Crippen molar-refractivity contribution in [3.63, 3.8) is 0 Å². The summed E-state index contributed by atoms with van der Waals surface area (Å²) in [5.74, 6) is -5.77. The van der Waals surface area contributed by atoms with Crippen molar-refractivity contribution >= 4 is 21.7 Å². The number of rotatable bonds is 4. The van der Waals surface area contributed by atoms with Crippen LogP contribution in [0.15, 0.2) is 41.3 Å². The summed E-state index contributed by atoms with van der Waals surface area (Å²) in [6.45, 7) is 0. The Balaban J connectivity index is 2.43. The van der Waals surface area contributed by atoms with Gasteiger partial charge in [-0.15, -0.1) is 0 Å². The van der Waals surface area contributed by atoms with Gasteiger partial charge in [0, 0.05) is 7.05 Å². The van der Waals surface area contributed by atoms with E-state index < -0.39 is 38.3 Å². The van der Waals surface area contributed by atoms with Gasteiger partial charge in [0.2, 0.25) is 0 Å². The molecule has 0 saturated heterocycles. The maximum atomic E-state index is 13.8. The van der Waals surface area contributed by atoms with E-state index >= 15 is 0 Å². The van der Waals surface area contributed by atoms with E-state index in [1.165, 1.54) is 31.4 Å². The third-order valence-electron chi connectivity index (χ3n) is 3.29. The lowest BCUT2D eigenvalue weighted by Gasteiger charge is -2.20. The molecule has 0 heterocycles. The minimum atomic E-state index is -4.47. The number of hydrogen-bond donors (Lipinski definition) is 0. The summed E-state index contributed by atoms with van der Waals surface area (Å²) in [4.78, 5) is 10.3. The Labute approximate surface area is 136 Å². The summed E-state index contributed by atoms with van der Waals surface area (Å²) in [7, 11) is -2.16. The number of benzene rings is 2. The molecule has 0 unspecified atom stereocenters. The molecule has 2 aromatic rings. The fourth-order valence-electron chi connectivity index (χ4n) is 1.92. The lowest BCUT2D eigenvalue weighted by Crippen LogP contribution is -2.27. The number of carbonyl (C=O) groups excluding carboxylic acids is 1. The second-order valence-corrected chi connectivity index (χ2v) is 6.62. The van der Waals surface area contributed by atoms with Crippen LogP contribution in [-0.2, 0) is 14.8 Å². The van der Waals surface area contributed by atoms with Crippen molar-refractivity contribution in [3.8, 4) is 0 Å². The van der Waals surface area contributed by atoms with Crippen molar-refractivity contribution in [2.24, 2.45) is 0 Å². The average molecular weight is 359 g/mol. The molecule has 5 nitrogen and oxygen atoms in total. The fourth-order valence-corrected chi connectivity index (χ4v) is 3.17. The Morgan fingerprint density at radius 2 is 1.58 bits per heavy atom. The van der Waals surface area contributed by atoms with Crippen LogP contribution in [0.25, 0.3) is 0 Å². The van der Waals surface area contributed by atoms with Gasteiger partial charge >= 0.3 is 5.97 Å². The zero-order valence-corrected chi connectivity index (χ0v) is 13.4. The van der Waals surface area contributed by atoms with Gasteiger partial charge in [-0.2, -0.15) is 0 Å². The van der Waals surface area contributed by atoms with Crippen LogP contribution in [0.1, 0.15) is 10.4 Å². The Bertz CT molecular complexity index is 882. The highest BCUT2D eigenvalue weighted by atomic mass is 32.2. The van der Waals surface area contributed by atoms with Crippen molar-refractivity contribution in [3.05, 3.63) is 59.4 Å². The number of esters is 1. The van der Waals surface area contributed by atoms with Gasteiger partial charge in [-0.05, 0) is 36.4 Å². The Kier molecular flexibility index (Phi) is 4.83. The largest absolute Gasteiger partial charge is 0.465 e. The molecule has 0 bridgehead atoms. The lowest BCUT2D eigenvalue weighted by atomic mass is 10.2. The molecular weight excluding hydrogens is 347 g/mol. The molecule has 0 saturated carbocycles. The Morgan fingerprint density at radius 3 is 2.12 bits per heavy atom. The van der Waals surface area contributed by atoms with Gasteiger partial charge in [-0.25, -0.2) is 26.4 Å². The second-order valence-electron chi connectivity index (χ2n) is 4.68. The van der Waals surface area contributed by atoms with Gasteiger partial charge in [0.05, 0.1) is 18.4 Å². The Morgan fingerprint density at radius 1 is 1.00 bits per heavy atom. The number of ether oxygens (including phenoxy) is 1. The fraction of sp³-hybridized carbons (Fsp3) is 0.133. The zero-order chi connectivity index (χ0) is 18.1. The molecule has 0 radical (unpaired) electrons. The van der Waals surface area contributed by atoms with Crippen molar-refractivity contribution in [1.82, 2.24) is 0 Å². The third-order valence-corrected chi connectivity index (χ3v) is 5.09. The summed E-state index contributed by atoms with van der Waals surface area (Å²) in [6.07, 6.45) is 0. The van der Waals surface area contributed by atoms with Crippen molar-refractivity contribution in [1.29, 1.82) is 0 Å². The maximum Gasteiger partial charge on any atom is 0.337 e. The van der Waals surface area contributed by atoms with Crippen LogP contribution in [0.2, 0.25) is 0 Å². The van der Waals surface area contributed by atoms with Crippen LogP contribution in [-0.4, -0.2) is 28.5 Å². The van der Waals surface area contributed by atoms with Crippen LogP contribution in [0, 0.1) is 17.5 Å². The van der Waals surface area contributed by atoms with Gasteiger partial charge < -0.3 is 4.74 Å². The molecule has 0 amide bonds. The summed E-state index contributed by atoms with van der Waals surface area (Å²) < 4.78 is 70.0. The van der Waals surface area contributed by atoms with E-state index in [4.69, 9.17) is 0 Å². The first-order chi connectivity index (χ1) is 11.2. The minimum Gasteiger partial charge on any atom is -0.465 e. The van der Waals surface area contributed by atoms with E-state index in [2.05, 4.69) is 4.74 Å². The molecule has 0 aromatic heterocycles. The van der Waals surface area contributed by atoms with Crippen LogP contribution < -0.4 is 4.31 Å². The van der Waals surface area contributed by atoms with E-state index in [-0.39, 0.29) is 11.3 Å². The van der Waals surface area contributed by atoms with Gasteiger partial charge in [0.1, 0.15) is 4.90 Å². The number of halogens is 3. The van der Waals surface area contributed by atoms with Crippen LogP contribution in [0.3, 0.4) is 0 Å². The van der Waals surface area contributed by atoms with E-state index in [9.17, 15) is 26.4 Å². The molecule has 0 spiro atoms. The quantitative estimate of drug-likeness (QED) is 0.622. The van der Waals surface area contributed by atoms with Crippen molar-refractivity contribution < 1.29 is 31.1 Å². The molecule has 0 N–H and O–H groups in total. The smallest absolute Gasteiger partial charge is 0.337 e. The number of sulfonamides is 1. The van der Waals surface area contributed by atoms with Crippen LogP contribution in [0.4, 0.5) is 18.9 Å². The number of anilines is 1. The highest BCUT2D eigenvalue weighted by molar-refractivity contribution is 7.92. The molecule has 9 heteroatoms. The van der Waals surface area contributed by atoms with Crippen molar-refractivity contribution in [2.45, 2.75) is 4.90 Å². The van der Waals surface area contributed by atoms with Crippen LogP contribution >= 0.6 is 0 Å². The molecule has 0 aliphatic heterocycles. The number of hydrogen-bond acceptors (Lipinski definition) is 4. The molecule has 0 atom stereocenters. The average Bonchev–Trinajstić information content (AvgIpc) is 2.58. The van der Waals surface area contributed by atoms with E-state index in [0.717, 1.165) is 7.05 Å². The number of methoxy groups -OCH3 is 1. The predicted molar refractivity (Wildman–Crippen MR) is 79.7 cm³/mol. The predicted octanol–water partition coefficient (Wildman–Crippen LogP) is 2.72. The minimum absolute atomic E-state index is 0.0896. The summed E-state index contributed by atoms with van der Waals surface area (Å²) >= 11 is 0. The summed E-state index contributed by atoms with van der Waals surface area (Å²) in [5.41, 5.74) is 0.276. The van der Waals surface area contributed by atoms with Gasteiger partial charge in [0.15, 0.2) is 17.5 Å². The molecule has 24 heavy (non-hydrogen) atoms. The maximum absolute atomic E-state index is 13.8. The van der Waals surface area contributed by atoms with Gasteiger partial charge in [-0.1, -0.05) is 0 Å². The third kappa shape index (κ3) is 3.07. The molecular formula is C15H12F3NO4S. The van der Waals surface area contributed by atoms with E-state index in [1.807, 2.05) is 0 Å². The highest BCUT2D eigenvalue weighted by Crippen LogP contribution is 2.26. The molecule has 2 rings (SSSR count). The van der Waals surface area contributed by atoms with E-state index in [1.54, 1.807) is 0 Å². The first-order valence-electron chi connectivity index (χ1n) is 6.51. The second kappa shape index (κ2) is 6.52. The standard InChI is InChI=1S/C15H12F3NO4S/c1-19(10-5-3-9(4-6-10)15(20)23-2)24(21,22)12-8-7-11(16)13(17)14(12)18/h3-8H,1-2H3. The monoisotopic (exact) mass is 359 g/mol. The molecule has 0 aliphatic carbocycles. The van der Waals surface area contributed by atoms with Gasteiger partial charge in [0.25, 0.3) is 10.0 Å². The summed E-state index contributed by atoms with van der Waals surface area (Å²) in [6, 6.07) is 6.38. The van der Waals surface area contributed by atoms with Crippen molar-refractivity contribution in [2.75, 3.05) is 18.5 Å². The first-order valence-corrected chi connectivity index (χ1v) is 7.95. The molecule has 128 valence electrons.